The molecule has 4 atom stereocenters. The molecular weight excluding hydrogens is 237 g/mol. The third-order valence-electron chi connectivity index (χ3n) is 3.83. The van der Waals surface area contributed by atoms with Crippen molar-refractivity contribution in [1.29, 1.82) is 0 Å². The average molecular weight is 259 g/mol. The van der Waals surface area contributed by atoms with E-state index < -0.39 is 23.9 Å². The van der Waals surface area contributed by atoms with Crippen molar-refractivity contribution in [2.45, 2.75) is 63.9 Å². The molecular formula is C13H22FNO3. The highest BCUT2D eigenvalue weighted by Crippen LogP contribution is 2.41. The molecule has 1 aliphatic carbocycles. The van der Waals surface area contributed by atoms with Gasteiger partial charge >= 0.3 is 6.09 Å². The van der Waals surface area contributed by atoms with Crippen LogP contribution in [0.4, 0.5) is 9.18 Å². The van der Waals surface area contributed by atoms with Crippen molar-refractivity contribution in [3.05, 3.63) is 0 Å². The van der Waals surface area contributed by atoms with Gasteiger partial charge in [0.1, 0.15) is 11.8 Å². The Labute approximate surface area is 107 Å². The van der Waals surface area contributed by atoms with Crippen LogP contribution in [0.3, 0.4) is 0 Å². The van der Waals surface area contributed by atoms with E-state index in [1.165, 1.54) is 4.90 Å². The number of hydrogen-bond acceptors (Lipinski definition) is 3. The van der Waals surface area contributed by atoms with Crippen molar-refractivity contribution in [3.63, 3.8) is 0 Å². The van der Waals surface area contributed by atoms with Crippen LogP contribution in [0.2, 0.25) is 0 Å². The van der Waals surface area contributed by atoms with E-state index in [-0.39, 0.29) is 18.6 Å². The van der Waals surface area contributed by atoms with Crippen molar-refractivity contribution in [1.82, 2.24) is 4.90 Å². The number of amides is 1. The van der Waals surface area contributed by atoms with E-state index in [0.29, 0.717) is 12.8 Å². The van der Waals surface area contributed by atoms with Gasteiger partial charge in [0.25, 0.3) is 0 Å². The van der Waals surface area contributed by atoms with E-state index in [9.17, 15) is 14.3 Å². The second-order valence-corrected chi connectivity index (χ2v) is 6.29. The van der Waals surface area contributed by atoms with E-state index in [1.807, 2.05) is 0 Å². The van der Waals surface area contributed by atoms with Gasteiger partial charge in [0.15, 0.2) is 0 Å². The number of fused-ring (bicyclic) bond motifs is 3. The standard InChI is InChI=1S/C13H22FNO3/c1-13(2,3)18-12(17)15-10-5-4-8(6-9(10)14)11(15)7-16/h8-11,16H,4-7H2,1-3H3/t8-,9-,10-,11+/m0/s1. The SMILES string of the molecule is CC(C)(C)OC(=O)N1[C@H](CO)[C@H]2CC[C@H]1[C@@H](F)C2. The molecule has 1 amide bonds. The molecule has 0 radical (unpaired) electrons. The van der Waals surface area contributed by atoms with Crippen molar-refractivity contribution in [2.24, 2.45) is 5.92 Å². The number of ether oxygens (including phenoxy) is 1. The summed E-state index contributed by atoms with van der Waals surface area (Å²) in [7, 11) is 0. The number of piperidine rings is 2. The lowest BCUT2D eigenvalue weighted by Gasteiger charge is -2.51. The Morgan fingerprint density at radius 2 is 2.11 bits per heavy atom. The summed E-state index contributed by atoms with van der Waals surface area (Å²) in [5, 5.41) is 9.45. The van der Waals surface area contributed by atoms with Gasteiger partial charge in [0, 0.05) is 0 Å². The van der Waals surface area contributed by atoms with Crippen molar-refractivity contribution in [2.75, 3.05) is 6.61 Å². The fraction of sp³-hybridized carbons (Fsp3) is 0.923. The summed E-state index contributed by atoms with van der Waals surface area (Å²) in [5.41, 5.74) is -0.598. The maximum atomic E-state index is 13.9. The number of nitrogens with zero attached hydrogens (tertiary/aromatic N) is 1. The molecule has 0 aromatic rings. The van der Waals surface area contributed by atoms with Crippen LogP contribution in [-0.4, -0.2) is 46.6 Å². The zero-order chi connectivity index (χ0) is 13.5. The Kier molecular flexibility index (Phi) is 3.54. The molecule has 3 fully saturated rings. The highest BCUT2D eigenvalue weighted by atomic mass is 19.1. The molecule has 3 aliphatic rings. The summed E-state index contributed by atoms with van der Waals surface area (Å²) in [4.78, 5) is 13.6. The number of hydrogen-bond donors (Lipinski definition) is 1. The summed E-state index contributed by atoms with van der Waals surface area (Å²) in [5.74, 6) is 0.0579. The Morgan fingerprint density at radius 1 is 1.44 bits per heavy atom. The van der Waals surface area contributed by atoms with Crippen LogP contribution >= 0.6 is 0 Å². The maximum Gasteiger partial charge on any atom is 0.410 e. The lowest BCUT2D eigenvalue weighted by molar-refractivity contribution is -0.0829. The van der Waals surface area contributed by atoms with Gasteiger partial charge < -0.3 is 9.84 Å². The quantitative estimate of drug-likeness (QED) is 0.784. The second kappa shape index (κ2) is 4.68. The van der Waals surface area contributed by atoms with E-state index in [4.69, 9.17) is 4.74 Å². The lowest BCUT2D eigenvalue weighted by Crippen LogP contribution is -2.63. The predicted octanol–water partition coefficient (Wildman–Crippen LogP) is 2.10. The van der Waals surface area contributed by atoms with Crippen molar-refractivity contribution >= 4 is 6.09 Å². The van der Waals surface area contributed by atoms with Gasteiger partial charge in [-0.05, 0) is 46.0 Å². The Balaban J connectivity index is 2.16. The molecule has 0 aromatic carbocycles. The van der Waals surface area contributed by atoms with E-state index >= 15 is 0 Å². The number of aliphatic hydroxyl groups excluding tert-OH is 1. The van der Waals surface area contributed by atoms with Gasteiger partial charge in [-0.15, -0.1) is 0 Å². The summed E-state index contributed by atoms with van der Waals surface area (Å²) in [6.07, 6.45) is 0.518. The summed E-state index contributed by atoms with van der Waals surface area (Å²) in [6, 6.07) is -0.715. The van der Waals surface area contributed by atoms with Gasteiger partial charge in [-0.25, -0.2) is 9.18 Å². The molecule has 5 heteroatoms. The topological polar surface area (TPSA) is 49.8 Å². The van der Waals surface area contributed by atoms with Gasteiger partial charge in [0.2, 0.25) is 0 Å². The highest BCUT2D eigenvalue weighted by molar-refractivity contribution is 5.69. The molecule has 104 valence electrons. The summed E-state index contributed by atoms with van der Waals surface area (Å²) in [6.45, 7) is 5.24. The molecule has 2 heterocycles. The first-order valence-corrected chi connectivity index (χ1v) is 6.59. The molecule has 2 bridgehead atoms. The minimum atomic E-state index is -0.987. The number of rotatable bonds is 1. The summed E-state index contributed by atoms with van der Waals surface area (Å²) < 4.78 is 19.2. The number of alkyl halides is 1. The van der Waals surface area contributed by atoms with E-state index in [1.54, 1.807) is 20.8 Å². The Hall–Kier alpha value is -0.840. The summed E-state index contributed by atoms with van der Waals surface area (Å²) >= 11 is 0. The van der Waals surface area contributed by atoms with Crippen LogP contribution in [0.5, 0.6) is 0 Å². The molecule has 0 aromatic heterocycles. The smallest absolute Gasteiger partial charge is 0.410 e. The van der Waals surface area contributed by atoms with E-state index in [0.717, 1.165) is 6.42 Å². The minimum Gasteiger partial charge on any atom is -0.444 e. The molecule has 2 saturated heterocycles. The fourth-order valence-corrected chi connectivity index (χ4v) is 3.09. The zero-order valence-corrected chi connectivity index (χ0v) is 11.2. The Morgan fingerprint density at radius 3 is 2.61 bits per heavy atom. The maximum absolute atomic E-state index is 13.9. The molecule has 1 N–H and O–H groups in total. The van der Waals surface area contributed by atoms with Crippen molar-refractivity contribution < 1.29 is 19.0 Å². The number of halogens is 1. The largest absolute Gasteiger partial charge is 0.444 e. The number of carbonyl (C=O) groups is 1. The van der Waals surface area contributed by atoms with Crippen LogP contribution in [0, 0.1) is 5.92 Å². The third kappa shape index (κ3) is 2.46. The van der Waals surface area contributed by atoms with Crippen LogP contribution in [0.1, 0.15) is 40.0 Å². The zero-order valence-electron chi connectivity index (χ0n) is 11.2. The monoisotopic (exact) mass is 259 g/mol. The molecule has 3 rings (SSSR count). The fourth-order valence-electron chi connectivity index (χ4n) is 3.09. The first-order chi connectivity index (χ1) is 8.33. The molecule has 0 spiro atoms. The molecule has 2 aliphatic heterocycles. The van der Waals surface area contributed by atoms with Crippen LogP contribution < -0.4 is 0 Å². The van der Waals surface area contributed by atoms with E-state index in [2.05, 4.69) is 0 Å². The molecule has 4 nitrogen and oxygen atoms in total. The minimum absolute atomic E-state index is 0.0579. The lowest BCUT2D eigenvalue weighted by atomic mass is 9.74. The molecule has 1 saturated carbocycles. The molecule has 18 heavy (non-hydrogen) atoms. The van der Waals surface area contributed by atoms with Gasteiger partial charge in [-0.2, -0.15) is 0 Å². The molecule has 0 unspecified atom stereocenters. The first kappa shape index (κ1) is 13.6. The predicted molar refractivity (Wildman–Crippen MR) is 65.0 cm³/mol. The normalized spacial score (nSPS) is 35.7. The van der Waals surface area contributed by atoms with Crippen molar-refractivity contribution in [3.8, 4) is 0 Å². The van der Waals surface area contributed by atoms with Gasteiger partial charge in [0.05, 0.1) is 18.7 Å². The second-order valence-electron chi connectivity index (χ2n) is 6.29. The average Bonchev–Trinajstić information content (AvgIpc) is 2.26. The number of carbonyl (C=O) groups excluding carboxylic acids is 1. The van der Waals surface area contributed by atoms with Crippen LogP contribution in [0.25, 0.3) is 0 Å². The van der Waals surface area contributed by atoms with Crippen LogP contribution in [0.15, 0.2) is 0 Å². The third-order valence-corrected chi connectivity index (χ3v) is 3.83. The first-order valence-electron chi connectivity index (χ1n) is 6.59. The van der Waals surface area contributed by atoms with Gasteiger partial charge in [-0.3, -0.25) is 4.90 Å². The Bertz CT molecular complexity index is 327. The van der Waals surface area contributed by atoms with Crippen LogP contribution in [-0.2, 0) is 4.74 Å². The highest BCUT2D eigenvalue weighted by Gasteiger charge is 2.50. The number of aliphatic hydroxyl groups is 1. The van der Waals surface area contributed by atoms with Gasteiger partial charge in [-0.1, -0.05) is 0 Å².